The highest BCUT2D eigenvalue weighted by molar-refractivity contribution is 7.99. The summed E-state index contributed by atoms with van der Waals surface area (Å²) in [5.74, 6) is -0.0921. The van der Waals surface area contributed by atoms with E-state index in [4.69, 9.17) is 11.6 Å². The standard InChI is InChI=1S/C15H19ClN4O2S/c1-9(2)17-13(21)7-20(3)14(22)8-23-15-18-11-5-4-10(16)6-12(11)19-15/h4-6,9H,7-8H2,1-3H3,(H,17,21)(H,18,19). The SMILES string of the molecule is CC(C)NC(=O)CN(C)C(=O)CSc1nc2ccc(Cl)cc2[nH]1. The van der Waals surface area contributed by atoms with Crippen LogP contribution in [0.3, 0.4) is 0 Å². The Labute approximate surface area is 144 Å². The van der Waals surface area contributed by atoms with Gasteiger partial charge >= 0.3 is 0 Å². The van der Waals surface area contributed by atoms with E-state index in [0.29, 0.717) is 10.2 Å². The molecule has 0 aliphatic carbocycles. The highest BCUT2D eigenvalue weighted by Gasteiger charge is 2.14. The van der Waals surface area contributed by atoms with E-state index in [0.717, 1.165) is 11.0 Å². The summed E-state index contributed by atoms with van der Waals surface area (Å²) in [5, 5.41) is 4.03. The van der Waals surface area contributed by atoms with Gasteiger partial charge in [-0.05, 0) is 32.0 Å². The molecule has 0 unspecified atom stereocenters. The lowest BCUT2D eigenvalue weighted by molar-refractivity contribution is -0.132. The van der Waals surface area contributed by atoms with Gasteiger partial charge in [0.15, 0.2) is 5.16 Å². The van der Waals surface area contributed by atoms with Crippen LogP contribution >= 0.6 is 23.4 Å². The van der Waals surface area contributed by atoms with Crippen molar-refractivity contribution in [2.45, 2.75) is 25.0 Å². The van der Waals surface area contributed by atoms with E-state index in [9.17, 15) is 9.59 Å². The molecule has 0 fully saturated rings. The van der Waals surface area contributed by atoms with E-state index in [1.807, 2.05) is 19.9 Å². The van der Waals surface area contributed by atoms with Crippen LogP contribution in [0.15, 0.2) is 23.4 Å². The maximum Gasteiger partial charge on any atom is 0.239 e. The Hall–Kier alpha value is -1.73. The van der Waals surface area contributed by atoms with Gasteiger partial charge < -0.3 is 15.2 Å². The Morgan fingerprint density at radius 3 is 2.87 bits per heavy atom. The zero-order valence-corrected chi connectivity index (χ0v) is 14.8. The molecule has 0 aliphatic rings. The second-order valence-electron chi connectivity index (χ2n) is 5.46. The van der Waals surface area contributed by atoms with E-state index in [1.165, 1.54) is 16.7 Å². The monoisotopic (exact) mass is 354 g/mol. The first-order chi connectivity index (χ1) is 10.8. The van der Waals surface area contributed by atoms with E-state index in [2.05, 4.69) is 15.3 Å². The first-order valence-corrected chi connectivity index (χ1v) is 8.53. The lowest BCUT2D eigenvalue weighted by Crippen LogP contribution is -2.41. The smallest absolute Gasteiger partial charge is 0.239 e. The molecule has 1 aromatic heterocycles. The summed E-state index contributed by atoms with van der Waals surface area (Å²) in [6, 6.07) is 5.44. The predicted octanol–water partition coefficient (Wildman–Crippen LogP) is 2.29. The third-order valence-corrected chi connectivity index (χ3v) is 4.10. The van der Waals surface area contributed by atoms with Crippen LogP contribution in [-0.4, -0.2) is 52.1 Å². The quantitative estimate of drug-likeness (QED) is 0.780. The minimum atomic E-state index is -0.167. The number of nitrogens with one attached hydrogen (secondary N) is 2. The number of imidazole rings is 1. The number of thioether (sulfide) groups is 1. The number of fused-ring (bicyclic) bond motifs is 1. The molecule has 124 valence electrons. The molecule has 0 saturated carbocycles. The molecule has 0 atom stereocenters. The van der Waals surface area contributed by atoms with Crippen molar-refractivity contribution in [2.75, 3.05) is 19.3 Å². The molecule has 0 radical (unpaired) electrons. The molecule has 0 bridgehead atoms. The molecule has 6 nitrogen and oxygen atoms in total. The van der Waals surface area contributed by atoms with Gasteiger partial charge in [0.05, 0.1) is 23.3 Å². The van der Waals surface area contributed by atoms with Crippen molar-refractivity contribution >= 4 is 46.2 Å². The molecule has 2 aromatic rings. The fourth-order valence-electron chi connectivity index (χ4n) is 1.94. The molecule has 0 spiro atoms. The first kappa shape index (κ1) is 17.6. The van der Waals surface area contributed by atoms with Crippen molar-refractivity contribution in [2.24, 2.45) is 0 Å². The van der Waals surface area contributed by atoms with Gasteiger partial charge in [-0.25, -0.2) is 4.98 Å². The summed E-state index contributed by atoms with van der Waals surface area (Å²) in [5.41, 5.74) is 1.63. The average molecular weight is 355 g/mol. The number of rotatable bonds is 6. The topological polar surface area (TPSA) is 78.1 Å². The van der Waals surface area contributed by atoms with E-state index in [-0.39, 0.29) is 30.2 Å². The number of H-pyrrole nitrogens is 1. The lowest BCUT2D eigenvalue weighted by Gasteiger charge is -2.17. The van der Waals surface area contributed by atoms with Crippen molar-refractivity contribution < 1.29 is 9.59 Å². The summed E-state index contributed by atoms with van der Waals surface area (Å²) >= 11 is 7.22. The highest BCUT2D eigenvalue weighted by atomic mass is 35.5. The molecule has 1 heterocycles. The van der Waals surface area contributed by atoms with Crippen molar-refractivity contribution in [1.82, 2.24) is 20.2 Å². The number of benzene rings is 1. The molecule has 2 amide bonds. The minimum Gasteiger partial charge on any atom is -0.352 e. The predicted molar refractivity (Wildman–Crippen MR) is 92.7 cm³/mol. The Bertz CT molecular complexity index is 717. The van der Waals surface area contributed by atoms with Gasteiger partial charge in [-0.15, -0.1) is 0 Å². The third kappa shape index (κ3) is 5.14. The van der Waals surface area contributed by atoms with Crippen molar-refractivity contribution in [3.05, 3.63) is 23.2 Å². The van der Waals surface area contributed by atoms with Crippen LogP contribution in [0.2, 0.25) is 5.02 Å². The van der Waals surface area contributed by atoms with Gasteiger partial charge in [-0.1, -0.05) is 23.4 Å². The molecule has 2 N–H and O–H groups in total. The van der Waals surface area contributed by atoms with Crippen LogP contribution in [0.5, 0.6) is 0 Å². The summed E-state index contributed by atoms with van der Waals surface area (Å²) in [6.45, 7) is 3.81. The molecule has 8 heteroatoms. The number of carbonyl (C=O) groups is 2. The highest BCUT2D eigenvalue weighted by Crippen LogP contribution is 2.22. The number of amides is 2. The largest absolute Gasteiger partial charge is 0.352 e. The van der Waals surface area contributed by atoms with Crippen molar-refractivity contribution in [3.63, 3.8) is 0 Å². The second-order valence-corrected chi connectivity index (χ2v) is 6.86. The number of aromatic amines is 1. The van der Waals surface area contributed by atoms with Gasteiger partial charge in [0.1, 0.15) is 0 Å². The number of nitrogens with zero attached hydrogens (tertiary/aromatic N) is 2. The summed E-state index contributed by atoms with van der Waals surface area (Å²) < 4.78 is 0. The summed E-state index contributed by atoms with van der Waals surface area (Å²) in [6.07, 6.45) is 0. The molecular formula is C15H19ClN4O2S. The molecule has 1 aromatic carbocycles. The van der Waals surface area contributed by atoms with Gasteiger partial charge in [-0.2, -0.15) is 0 Å². The maximum absolute atomic E-state index is 12.1. The summed E-state index contributed by atoms with van der Waals surface area (Å²) in [4.78, 5) is 32.6. The van der Waals surface area contributed by atoms with Gasteiger partial charge in [0.2, 0.25) is 11.8 Å². The Balaban J connectivity index is 1.88. The molecule has 2 rings (SSSR count). The molecular weight excluding hydrogens is 336 g/mol. The van der Waals surface area contributed by atoms with Gasteiger partial charge in [0.25, 0.3) is 0 Å². The fraction of sp³-hybridized carbons (Fsp3) is 0.400. The van der Waals surface area contributed by atoms with E-state index >= 15 is 0 Å². The number of halogens is 1. The number of likely N-dealkylation sites (N-methyl/N-ethyl adjacent to an activating group) is 1. The lowest BCUT2D eigenvalue weighted by atomic mass is 10.3. The van der Waals surface area contributed by atoms with Crippen LogP contribution < -0.4 is 5.32 Å². The number of hydrogen-bond donors (Lipinski definition) is 2. The van der Waals surface area contributed by atoms with Crippen molar-refractivity contribution in [3.8, 4) is 0 Å². The van der Waals surface area contributed by atoms with E-state index in [1.54, 1.807) is 19.2 Å². The second kappa shape index (κ2) is 7.70. The molecule has 0 aliphatic heterocycles. The van der Waals surface area contributed by atoms with Crippen LogP contribution in [0.4, 0.5) is 0 Å². The molecule has 0 saturated heterocycles. The van der Waals surface area contributed by atoms with Gasteiger partial charge in [0, 0.05) is 18.1 Å². The third-order valence-electron chi connectivity index (χ3n) is 3.01. The van der Waals surface area contributed by atoms with Crippen LogP contribution in [0, 0.1) is 0 Å². The first-order valence-electron chi connectivity index (χ1n) is 7.16. The average Bonchev–Trinajstić information content (AvgIpc) is 2.85. The zero-order chi connectivity index (χ0) is 17.0. The van der Waals surface area contributed by atoms with Gasteiger partial charge in [-0.3, -0.25) is 9.59 Å². The number of carbonyl (C=O) groups excluding carboxylic acids is 2. The van der Waals surface area contributed by atoms with E-state index < -0.39 is 0 Å². The summed E-state index contributed by atoms with van der Waals surface area (Å²) in [7, 11) is 1.61. The number of aromatic nitrogens is 2. The van der Waals surface area contributed by atoms with Crippen LogP contribution in [-0.2, 0) is 9.59 Å². The number of hydrogen-bond acceptors (Lipinski definition) is 4. The Morgan fingerprint density at radius 2 is 2.17 bits per heavy atom. The Morgan fingerprint density at radius 1 is 1.43 bits per heavy atom. The van der Waals surface area contributed by atoms with Crippen LogP contribution in [0.25, 0.3) is 11.0 Å². The van der Waals surface area contributed by atoms with Crippen molar-refractivity contribution in [1.29, 1.82) is 0 Å². The maximum atomic E-state index is 12.1. The normalized spacial score (nSPS) is 11.0. The minimum absolute atomic E-state index is 0.0489. The zero-order valence-electron chi connectivity index (χ0n) is 13.2. The molecule has 23 heavy (non-hydrogen) atoms. The van der Waals surface area contributed by atoms with Crippen LogP contribution in [0.1, 0.15) is 13.8 Å². The fourth-order valence-corrected chi connectivity index (χ4v) is 2.94. The Kier molecular flexibility index (Phi) is 5.90.